The summed E-state index contributed by atoms with van der Waals surface area (Å²) in [6.45, 7) is 2.76. The Morgan fingerprint density at radius 1 is 1.26 bits per heavy atom. The van der Waals surface area contributed by atoms with Crippen molar-refractivity contribution in [1.82, 2.24) is 4.90 Å². The average Bonchev–Trinajstić information content (AvgIpc) is 2.70. The molecule has 140 valence electrons. The maximum atomic E-state index is 13.1. The van der Waals surface area contributed by atoms with Gasteiger partial charge in [0.15, 0.2) is 16.7 Å². The molecule has 1 saturated heterocycles. The minimum absolute atomic E-state index is 0.131. The SMILES string of the molecule is Cc1ccc(N=C2SCCCN2C(=O)[C@H]2COc3ccccc3O2)cc1Cl. The first-order valence-corrected chi connectivity index (χ1v) is 10.2. The number of para-hydroxylation sites is 2. The Labute approximate surface area is 167 Å². The van der Waals surface area contributed by atoms with Crippen molar-refractivity contribution >= 4 is 40.1 Å². The molecule has 7 heteroatoms. The Morgan fingerprint density at radius 2 is 2.07 bits per heavy atom. The third-order valence-electron chi connectivity index (χ3n) is 4.42. The number of carbonyl (C=O) groups is 1. The van der Waals surface area contributed by atoms with E-state index in [1.165, 1.54) is 0 Å². The number of aliphatic imine (C=N–C) groups is 1. The molecule has 1 atom stereocenters. The van der Waals surface area contributed by atoms with E-state index in [0.29, 0.717) is 28.2 Å². The summed E-state index contributed by atoms with van der Waals surface area (Å²) in [5.74, 6) is 2.05. The minimum Gasteiger partial charge on any atom is -0.485 e. The van der Waals surface area contributed by atoms with E-state index in [1.807, 2.05) is 49.4 Å². The average molecular weight is 403 g/mol. The van der Waals surface area contributed by atoms with E-state index in [0.717, 1.165) is 23.4 Å². The summed E-state index contributed by atoms with van der Waals surface area (Å²) in [4.78, 5) is 19.4. The van der Waals surface area contributed by atoms with Crippen LogP contribution in [0.3, 0.4) is 0 Å². The molecule has 0 aliphatic carbocycles. The van der Waals surface area contributed by atoms with Crippen LogP contribution in [-0.4, -0.2) is 41.0 Å². The lowest BCUT2D eigenvalue weighted by atomic mass is 10.2. The number of carbonyl (C=O) groups excluding carboxylic acids is 1. The van der Waals surface area contributed by atoms with Gasteiger partial charge in [0, 0.05) is 17.3 Å². The largest absolute Gasteiger partial charge is 0.485 e. The quantitative estimate of drug-likeness (QED) is 0.745. The molecular weight excluding hydrogens is 384 g/mol. The molecule has 2 heterocycles. The van der Waals surface area contributed by atoms with Crippen molar-refractivity contribution in [2.45, 2.75) is 19.4 Å². The van der Waals surface area contributed by atoms with Crippen LogP contribution in [0, 0.1) is 6.92 Å². The number of hydrogen-bond donors (Lipinski definition) is 0. The van der Waals surface area contributed by atoms with Gasteiger partial charge in [-0.05, 0) is 43.2 Å². The van der Waals surface area contributed by atoms with Crippen molar-refractivity contribution < 1.29 is 14.3 Å². The van der Waals surface area contributed by atoms with Crippen molar-refractivity contribution in [2.24, 2.45) is 4.99 Å². The van der Waals surface area contributed by atoms with Crippen LogP contribution in [0.15, 0.2) is 47.5 Å². The number of rotatable bonds is 2. The van der Waals surface area contributed by atoms with E-state index in [-0.39, 0.29) is 12.5 Å². The van der Waals surface area contributed by atoms with Crippen LogP contribution in [0.5, 0.6) is 11.5 Å². The Kier molecular flexibility index (Phi) is 5.27. The number of amides is 1. The van der Waals surface area contributed by atoms with Crippen LogP contribution in [0.2, 0.25) is 5.02 Å². The Hall–Kier alpha value is -2.18. The van der Waals surface area contributed by atoms with Crippen molar-refractivity contribution in [1.29, 1.82) is 0 Å². The number of amidine groups is 1. The summed E-state index contributed by atoms with van der Waals surface area (Å²) in [6.07, 6.45) is 0.235. The third kappa shape index (κ3) is 3.92. The maximum Gasteiger partial charge on any atom is 0.273 e. The zero-order valence-corrected chi connectivity index (χ0v) is 16.4. The molecular formula is C20H19ClN2O3S. The first kappa shape index (κ1) is 18.2. The van der Waals surface area contributed by atoms with Crippen LogP contribution in [0.4, 0.5) is 5.69 Å². The Bertz CT molecular complexity index is 903. The van der Waals surface area contributed by atoms with E-state index < -0.39 is 6.10 Å². The number of nitrogens with zero attached hydrogens (tertiary/aromatic N) is 2. The monoisotopic (exact) mass is 402 g/mol. The fourth-order valence-electron chi connectivity index (χ4n) is 2.93. The summed E-state index contributed by atoms with van der Waals surface area (Å²) in [6, 6.07) is 13.0. The predicted molar refractivity (Wildman–Crippen MR) is 108 cm³/mol. The molecule has 0 spiro atoms. The number of halogens is 1. The predicted octanol–water partition coefficient (Wildman–Crippen LogP) is 4.44. The molecule has 0 aromatic heterocycles. The molecule has 2 aliphatic rings. The summed E-state index contributed by atoms with van der Waals surface area (Å²) in [5, 5.41) is 1.34. The topological polar surface area (TPSA) is 51.1 Å². The molecule has 2 aliphatic heterocycles. The van der Waals surface area contributed by atoms with Gasteiger partial charge in [0.2, 0.25) is 6.10 Å². The fourth-order valence-corrected chi connectivity index (χ4v) is 4.07. The number of hydrogen-bond acceptors (Lipinski definition) is 5. The second kappa shape index (κ2) is 7.82. The molecule has 0 N–H and O–H groups in total. The van der Waals surface area contributed by atoms with Gasteiger partial charge in [-0.15, -0.1) is 0 Å². The van der Waals surface area contributed by atoms with E-state index in [2.05, 4.69) is 4.99 Å². The summed E-state index contributed by atoms with van der Waals surface area (Å²) >= 11 is 7.78. The zero-order valence-electron chi connectivity index (χ0n) is 14.9. The van der Waals surface area contributed by atoms with E-state index in [4.69, 9.17) is 21.1 Å². The smallest absolute Gasteiger partial charge is 0.273 e. The highest BCUT2D eigenvalue weighted by Crippen LogP contribution is 2.32. The van der Waals surface area contributed by atoms with Gasteiger partial charge < -0.3 is 9.47 Å². The Morgan fingerprint density at radius 3 is 2.89 bits per heavy atom. The van der Waals surface area contributed by atoms with Crippen LogP contribution in [-0.2, 0) is 4.79 Å². The second-order valence-electron chi connectivity index (χ2n) is 6.38. The third-order valence-corrected chi connectivity index (χ3v) is 5.89. The van der Waals surface area contributed by atoms with Crippen LogP contribution in [0.1, 0.15) is 12.0 Å². The first-order chi connectivity index (χ1) is 13.1. The second-order valence-corrected chi connectivity index (χ2v) is 7.85. The first-order valence-electron chi connectivity index (χ1n) is 8.79. The van der Waals surface area contributed by atoms with E-state index in [9.17, 15) is 4.79 Å². The van der Waals surface area contributed by atoms with Gasteiger partial charge in [0.25, 0.3) is 5.91 Å². The normalized spacial score (nSPS) is 20.6. The highest BCUT2D eigenvalue weighted by atomic mass is 35.5. The van der Waals surface area contributed by atoms with E-state index >= 15 is 0 Å². The van der Waals surface area contributed by atoms with Crippen molar-refractivity contribution in [2.75, 3.05) is 18.9 Å². The zero-order chi connectivity index (χ0) is 18.8. The van der Waals surface area contributed by atoms with Crippen LogP contribution < -0.4 is 9.47 Å². The van der Waals surface area contributed by atoms with Crippen molar-refractivity contribution in [3.05, 3.63) is 53.1 Å². The van der Waals surface area contributed by atoms with Gasteiger partial charge in [-0.2, -0.15) is 0 Å². The summed E-state index contributed by atoms with van der Waals surface area (Å²) in [5.41, 5.74) is 1.73. The Balaban J connectivity index is 1.56. The molecule has 1 fully saturated rings. The summed E-state index contributed by atoms with van der Waals surface area (Å²) < 4.78 is 11.6. The number of thioether (sulfide) groups is 1. The molecule has 2 aromatic rings. The minimum atomic E-state index is -0.676. The fraction of sp³-hybridized carbons (Fsp3) is 0.300. The van der Waals surface area contributed by atoms with Crippen molar-refractivity contribution in [3.63, 3.8) is 0 Å². The highest BCUT2D eigenvalue weighted by Gasteiger charge is 2.34. The number of benzene rings is 2. The van der Waals surface area contributed by atoms with Gasteiger partial charge in [-0.1, -0.05) is 41.6 Å². The summed E-state index contributed by atoms with van der Waals surface area (Å²) in [7, 11) is 0. The number of aryl methyl sites for hydroxylation is 1. The molecule has 27 heavy (non-hydrogen) atoms. The lowest BCUT2D eigenvalue weighted by Crippen LogP contribution is -2.49. The molecule has 5 nitrogen and oxygen atoms in total. The van der Waals surface area contributed by atoms with Gasteiger partial charge in [-0.3, -0.25) is 9.69 Å². The molecule has 0 bridgehead atoms. The maximum absolute atomic E-state index is 13.1. The lowest BCUT2D eigenvalue weighted by molar-refractivity contribution is -0.137. The standard InChI is InChI=1S/C20H19ClN2O3S/c1-13-7-8-14(11-15(13)21)22-20-23(9-4-10-27-20)19(24)18-12-25-16-5-2-3-6-17(16)26-18/h2-3,5-8,11,18H,4,9-10,12H2,1H3/t18-/m1/s1. The number of ether oxygens (including phenoxy) is 2. The molecule has 2 aromatic carbocycles. The highest BCUT2D eigenvalue weighted by molar-refractivity contribution is 8.13. The molecule has 1 amide bonds. The molecule has 0 unspecified atom stereocenters. The molecule has 0 radical (unpaired) electrons. The number of fused-ring (bicyclic) bond motifs is 1. The van der Waals surface area contributed by atoms with Crippen LogP contribution >= 0.6 is 23.4 Å². The van der Waals surface area contributed by atoms with Gasteiger partial charge in [0.1, 0.15) is 6.61 Å². The van der Waals surface area contributed by atoms with Gasteiger partial charge in [-0.25, -0.2) is 4.99 Å². The molecule has 0 saturated carbocycles. The van der Waals surface area contributed by atoms with E-state index in [1.54, 1.807) is 16.7 Å². The lowest BCUT2D eigenvalue weighted by Gasteiger charge is -2.33. The molecule has 4 rings (SSSR count). The van der Waals surface area contributed by atoms with Gasteiger partial charge in [0.05, 0.1) is 5.69 Å². The van der Waals surface area contributed by atoms with Crippen molar-refractivity contribution in [3.8, 4) is 11.5 Å². The van der Waals surface area contributed by atoms with Gasteiger partial charge >= 0.3 is 0 Å². The van der Waals surface area contributed by atoms with Crippen LogP contribution in [0.25, 0.3) is 0 Å².